The van der Waals surface area contributed by atoms with Gasteiger partial charge in [0.2, 0.25) is 15.9 Å². The van der Waals surface area contributed by atoms with Gasteiger partial charge in [0.25, 0.3) is 5.69 Å². The second-order valence-corrected chi connectivity index (χ2v) is 7.96. The van der Waals surface area contributed by atoms with Crippen molar-refractivity contribution in [3.05, 3.63) is 58.3 Å². The zero-order chi connectivity index (χ0) is 20.5. The van der Waals surface area contributed by atoms with Crippen LogP contribution in [0.3, 0.4) is 0 Å². The number of hydrogen-bond acceptors (Lipinski definition) is 6. The van der Waals surface area contributed by atoms with Crippen molar-refractivity contribution in [2.45, 2.75) is 23.6 Å². The van der Waals surface area contributed by atoms with E-state index >= 15 is 0 Å². The highest BCUT2D eigenvalue weighted by Crippen LogP contribution is 2.31. The molecule has 1 fully saturated rings. The Bertz CT molecular complexity index is 980. The van der Waals surface area contributed by atoms with Crippen molar-refractivity contribution in [3.8, 4) is 5.88 Å². The average Bonchev–Trinajstić information content (AvgIpc) is 3.10. The number of ether oxygens (including phenoxy) is 1. The van der Waals surface area contributed by atoms with E-state index in [0.29, 0.717) is 0 Å². The van der Waals surface area contributed by atoms with Gasteiger partial charge in [-0.05, 0) is 24.6 Å². The first-order chi connectivity index (χ1) is 13.1. The van der Waals surface area contributed by atoms with Crippen molar-refractivity contribution in [1.82, 2.24) is 9.29 Å². The normalized spacial score (nSPS) is 18.2. The van der Waals surface area contributed by atoms with Gasteiger partial charge >= 0.3 is 6.18 Å². The predicted octanol–water partition coefficient (Wildman–Crippen LogP) is 2.85. The zero-order valence-electron chi connectivity index (χ0n) is 14.2. The minimum Gasteiger partial charge on any atom is -0.473 e. The maximum absolute atomic E-state index is 12.8. The SMILES string of the molecule is O=[N+]([O-])c1ccc(S(=O)(=O)N2CCC(Oc3cc(C(F)(F)F)ccn3)C2)cc1. The number of nitro groups is 1. The molecule has 0 amide bonds. The molecule has 0 spiro atoms. The zero-order valence-corrected chi connectivity index (χ0v) is 15.0. The van der Waals surface area contributed by atoms with Crippen LogP contribution in [0, 0.1) is 10.1 Å². The van der Waals surface area contributed by atoms with Gasteiger partial charge in [-0.25, -0.2) is 13.4 Å². The van der Waals surface area contributed by atoms with Gasteiger partial charge in [0, 0.05) is 30.9 Å². The number of rotatable bonds is 5. The van der Waals surface area contributed by atoms with E-state index in [4.69, 9.17) is 4.74 Å². The van der Waals surface area contributed by atoms with Crippen molar-refractivity contribution in [3.63, 3.8) is 0 Å². The molecule has 1 saturated heterocycles. The molecule has 3 rings (SSSR count). The number of non-ortho nitro benzene ring substituents is 1. The molecule has 0 radical (unpaired) electrons. The Kier molecular flexibility index (Phi) is 5.26. The lowest BCUT2D eigenvalue weighted by molar-refractivity contribution is -0.384. The van der Waals surface area contributed by atoms with Crippen LogP contribution in [-0.4, -0.2) is 41.8 Å². The summed E-state index contributed by atoms with van der Waals surface area (Å²) < 4.78 is 70.1. The number of nitro benzene ring substituents is 1. The van der Waals surface area contributed by atoms with E-state index in [9.17, 15) is 31.7 Å². The van der Waals surface area contributed by atoms with Crippen LogP contribution < -0.4 is 4.74 Å². The van der Waals surface area contributed by atoms with Crippen LogP contribution in [0.1, 0.15) is 12.0 Å². The number of nitrogens with zero attached hydrogens (tertiary/aromatic N) is 3. The van der Waals surface area contributed by atoms with Crippen molar-refractivity contribution < 1.29 is 31.2 Å². The van der Waals surface area contributed by atoms with E-state index in [-0.39, 0.29) is 36.0 Å². The summed E-state index contributed by atoms with van der Waals surface area (Å²) >= 11 is 0. The summed E-state index contributed by atoms with van der Waals surface area (Å²) in [6.45, 7) is 0.0280. The first kappa shape index (κ1) is 20.0. The van der Waals surface area contributed by atoms with Gasteiger partial charge in [-0.3, -0.25) is 10.1 Å². The monoisotopic (exact) mass is 417 g/mol. The number of benzene rings is 1. The Morgan fingerprint density at radius 2 is 1.89 bits per heavy atom. The molecule has 1 aliphatic rings. The molecule has 0 saturated carbocycles. The molecule has 0 bridgehead atoms. The molecule has 0 N–H and O–H groups in total. The summed E-state index contributed by atoms with van der Waals surface area (Å²) in [6.07, 6.45) is -3.96. The van der Waals surface area contributed by atoms with E-state index in [0.717, 1.165) is 46.9 Å². The summed E-state index contributed by atoms with van der Waals surface area (Å²) in [5.74, 6) is -0.241. The largest absolute Gasteiger partial charge is 0.473 e. The van der Waals surface area contributed by atoms with E-state index in [2.05, 4.69) is 4.98 Å². The fourth-order valence-corrected chi connectivity index (χ4v) is 4.21. The number of hydrogen-bond donors (Lipinski definition) is 0. The predicted molar refractivity (Wildman–Crippen MR) is 90.1 cm³/mol. The topological polar surface area (TPSA) is 103 Å². The Balaban J connectivity index is 1.70. The summed E-state index contributed by atoms with van der Waals surface area (Å²) in [4.78, 5) is 13.7. The van der Waals surface area contributed by atoms with Crippen LogP contribution >= 0.6 is 0 Å². The molecule has 12 heteroatoms. The molecule has 150 valence electrons. The fraction of sp³-hybridized carbons (Fsp3) is 0.312. The molecule has 1 atom stereocenters. The molecular weight excluding hydrogens is 403 g/mol. The first-order valence-corrected chi connectivity index (χ1v) is 9.46. The van der Waals surface area contributed by atoms with Crippen LogP contribution in [0.4, 0.5) is 18.9 Å². The number of pyridine rings is 1. The summed E-state index contributed by atoms with van der Waals surface area (Å²) in [5, 5.41) is 10.7. The second-order valence-electron chi connectivity index (χ2n) is 6.02. The molecular formula is C16H14F3N3O5S. The number of sulfonamides is 1. The standard InChI is InChI=1S/C16H14F3N3O5S/c17-16(18,19)11-5-7-20-15(9-11)27-13-6-8-21(10-13)28(25,26)14-3-1-12(2-4-14)22(23)24/h1-5,7,9,13H,6,8,10H2. The third kappa shape index (κ3) is 4.22. The highest BCUT2D eigenvalue weighted by atomic mass is 32.2. The van der Waals surface area contributed by atoms with Crippen LogP contribution in [-0.2, 0) is 16.2 Å². The number of aromatic nitrogens is 1. The number of alkyl halides is 3. The average molecular weight is 417 g/mol. The van der Waals surface area contributed by atoms with E-state index in [1.165, 1.54) is 0 Å². The lowest BCUT2D eigenvalue weighted by Gasteiger charge is -2.17. The molecule has 2 heterocycles. The molecule has 1 aromatic carbocycles. The quantitative estimate of drug-likeness (QED) is 0.548. The van der Waals surface area contributed by atoms with Gasteiger partial charge in [-0.1, -0.05) is 0 Å². The van der Waals surface area contributed by atoms with Crippen molar-refractivity contribution in [2.75, 3.05) is 13.1 Å². The molecule has 28 heavy (non-hydrogen) atoms. The number of halogens is 3. The third-order valence-electron chi connectivity index (χ3n) is 4.14. The lowest BCUT2D eigenvalue weighted by atomic mass is 10.2. The van der Waals surface area contributed by atoms with Gasteiger partial charge in [0.15, 0.2) is 0 Å². The minimum absolute atomic E-state index is 0.0722. The van der Waals surface area contributed by atoms with Crippen molar-refractivity contribution >= 4 is 15.7 Å². The summed E-state index contributed by atoms with van der Waals surface area (Å²) in [5.41, 5.74) is -1.15. The lowest BCUT2D eigenvalue weighted by Crippen LogP contribution is -2.31. The Morgan fingerprint density at radius 3 is 2.50 bits per heavy atom. The van der Waals surface area contributed by atoms with E-state index < -0.39 is 32.8 Å². The molecule has 1 unspecified atom stereocenters. The summed E-state index contributed by atoms with van der Waals surface area (Å²) in [6, 6.07) is 6.01. The van der Waals surface area contributed by atoms with E-state index in [1.54, 1.807) is 0 Å². The highest BCUT2D eigenvalue weighted by Gasteiger charge is 2.35. The molecule has 2 aromatic rings. The van der Waals surface area contributed by atoms with Gasteiger partial charge in [0.1, 0.15) is 6.10 Å². The van der Waals surface area contributed by atoms with Crippen molar-refractivity contribution in [2.24, 2.45) is 0 Å². The van der Waals surface area contributed by atoms with Crippen LogP contribution in [0.25, 0.3) is 0 Å². The van der Waals surface area contributed by atoms with Gasteiger partial charge in [-0.2, -0.15) is 17.5 Å². The van der Waals surface area contributed by atoms with E-state index in [1.807, 2.05) is 0 Å². The Labute approximate surface area is 157 Å². The summed E-state index contributed by atoms with van der Waals surface area (Å²) in [7, 11) is -3.91. The van der Waals surface area contributed by atoms with Crippen LogP contribution in [0.2, 0.25) is 0 Å². The molecule has 0 aliphatic carbocycles. The molecule has 8 nitrogen and oxygen atoms in total. The molecule has 1 aromatic heterocycles. The third-order valence-corrected chi connectivity index (χ3v) is 6.02. The Morgan fingerprint density at radius 1 is 1.21 bits per heavy atom. The fourth-order valence-electron chi connectivity index (χ4n) is 2.72. The Hall–Kier alpha value is -2.73. The maximum atomic E-state index is 12.8. The van der Waals surface area contributed by atoms with Gasteiger partial charge < -0.3 is 4.74 Å². The smallest absolute Gasteiger partial charge is 0.416 e. The van der Waals surface area contributed by atoms with Gasteiger partial charge in [0.05, 0.1) is 21.9 Å². The molecule has 1 aliphatic heterocycles. The maximum Gasteiger partial charge on any atom is 0.416 e. The second kappa shape index (κ2) is 7.36. The highest BCUT2D eigenvalue weighted by molar-refractivity contribution is 7.89. The van der Waals surface area contributed by atoms with Crippen LogP contribution in [0.5, 0.6) is 5.88 Å². The van der Waals surface area contributed by atoms with Gasteiger partial charge in [-0.15, -0.1) is 0 Å². The van der Waals surface area contributed by atoms with Crippen LogP contribution in [0.15, 0.2) is 47.5 Å². The van der Waals surface area contributed by atoms with Crippen molar-refractivity contribution in [1.29, 1.82) is 0 Å². The first-order valence-electron chi connectivity index (χ1n) is 8.02. The minimum atomic E-state index is -4.54.